The maximum absolute atomic E-state index is 5.26. The largest absolute Gasteiger partial charge is 0.497 e. The van der Waals surface area contributed by atoms with Gasteiger partial charge in [-0.05, 0) is 35.4 Å². The van der Waals surface area contributed by atoms with Gasteiger partial charge in [0.2, 0.25) is 0 Å². The predicted molar refractivity (Wildman–Crippen MR) is 97.3 cm³/mol. The third-order valence-corrected chi connectivity index (χ3v) is 4.97. The first-order valence-electron chi connectivity index (χ1n) is 8.41. The third kappa shape index (κ3) is 2.49. The third-order valence-electron chi connectivity index (χ3n) is 4.97. The van der Waals surface area contributed by atoms with E-state index in [0.29, 0.717) is 6.04 Å². The second kappa shape index (κ2) is 6.14. The van der Waals surface area contributed by atoms with E-state index in [1.165, 1.54) is 32.7 Å². The summed E-state index contributed by atoms with van der Waals surface area (Å²) in [6, 6.07) is 26.4. The van der Waals surface area contributed by atoms with E-state index in [4.69, 9.17) is 4.74 Å². The zero-order valence-electron chi connectivity index (χ0n) is 14.1. The molecule has 0 radical (unpaired) electrons. The van der Waals surface area contributed by atoms with E-state index < -0.39 is 0 Å². The summed E-state index contributed by atoms with van der Waals surface area (Å²) in [6.45, 7) is 0.983. The first kappa shape index (κ1) is 15.0. The molecule has 0 aromatic heterocycles. The summed E-state index contributed by atoms with van der Waals surface area (Å²) in [6.07, 6.45) is 0. The van der Waals surface area contributed by atoms with E-state index in [9.17, 15) is 0 Å². The van der Waals surface area contributed by atoms with Crippen LogP contribution in [0.15, 0.2) is 72.8 Å². The van der Waals surface area contributed by atoms with Gasteiger partial charge in [-0.1, -0.05) is 48.5 Å². The number of fused-ring (bicyclic) bond motifs is 3. The first-order chi connectivity index (χ1) is 11.8. The van der Waals surface area contributed by atoms with Crippen LogP contribution in [0.4, 0.5) is 0 Å². The molecule has 3 aromatic carbocycles. The number of methoxy groups -OCH3 is 1. The first-order valence-corrected chi connectivity index (χ1v) is 8.41. The normalized spacial score (nSPS) is 14.1. The van der Waals surface area contributed by atoms with Gasteiger partial charge in [-0.15, -0.1) is 0 Å². The van der Waals surface area contributed by atoms with Crippen molar-refractivity contribution in [2.45, 2.75) is 12.6 Å². The van der Waals surface area contributed by atoms with E-state index in [0.717, 1.165) is 12.3 Å². The summed E-state index contributed by atoms with van der Waals surface area (Å²) >= 11 is 0. The number of hydrogen-bond acceptors (Lipinski definition) is 1. The van der Waals surface area contributed by atoms with Crippen LogP contribution in [-0.4, -0.2) is 14.2 Å². The molecule has 1 N–H and O–H groups in total. The number of hydrogen-bond donors (Lipinski definition) is 1. The van der Waals surface area contributed by atoms with Gasteiger partial charge in [0, 0.05) is 16.7 Å². The van der Waals surface area contributed by atoms with E-state index >= 15 is 0 Å². The van der Waals surface area contributed by atoms with E-state index in [1.807, 2.05) is 12.1 Å². The lowest BCUT2D eigenvalue weighted by Crippen LogP contribution is -3.07. The topological polar surface area (TPSA) is 13.7 Å². The number of nitrogens with one attached hydrogen (secondary N) is 1. The summed E-state index contributed by atoms with van der Waals surface area (Å²) in [5, 5.41) is 0. The number of quaternary nitrogens is 1. The molecule has 1 unspecified atom stereocenters. The van der Waals surface area contributed by atoms with Crippen molar-refractivity contribution < 1.29 is 9.64 Å². The van der Waals surface area contributed by atoms with Crippen LogP contribution >= 0.6 is 0 Å². The van der Waals surface area contributed by atoms with Gasteiger partial charge in [0.15, 0.2) is 0 Å². The molecule has 0 amide bonds. The molecule has 1 aliphatic rings. The highest BCUT2D eigenvalue weighted by molar-refractivity contribution is 5.77. The molecule has 24 heavy (non-hydrogen) atoms. The summed E-state index contributed by atoms with van der Waals surface area (Å²) < 4.78 is 5.26. The highest BCUT2D eigenvalue weighted by Crippen LogP contribution is 2.41. The van der Waals surface area contributed by atoms with Gasteiger partial charge >= 0.3 is 0 Å². The maximum Gasteiger partial charge on any atom is 0.140 e. The van der Waals surface area contributed by atoms with Gasteiger partial charge in [-0.2, -0.15) is 0 Å². The fraction of sp³-hybridized carbons (Fsp3) is 0.182. The number of ether oxygens (including phenoxy) is 1. The molecular weight excluding hydrogens is 294 g/mol. The average Bonchev–Trinajstić information content (AvgIpc) is 2.97. The Morgan fingerprint density at radius 3 is 1.88 bits per heavy atom. The molecule has 120 valence electrons. The van der Waals surface area contributed by atoms with Crippen molar-refractivity contribution in [1.29, 1.82) is 0 Å². The number of rotatable bonds is 4. The Balaban J connectivity index is 1.67. The van der Waals surface area contributed by atoms with Crippen LogP contribution in [0.25, 0.3) is 11.1 Å². The Labute approximate surface area is 143 Å². The van der Waals surface area contributed by atoms with E-state index in [1.54, 1.807) is 7.11 Å². The van der Waals surface area contributed by atoms with Crippen molar-refractivity contribution in [1.82, 2.24) is 0 Å². The second-order valence-corrected chi connectivity index (χ2v) is 6.48. The Morgan fingerprint density at radius 2 is 1.33 bits per heavy atom. The van der Waals surface area contributed by atoms with Crippen LogP contribution in [0.5, 0.6) is 5.75 Å². The van der Waals surface area contributed by atoms with Crippen LogP contribution in [0.2, 0.25) is 0 Å². The maximum atomic E-state index is 5.26. The minimum absolute atomic E-state index is 0.388. The predicted octanol–water partition coefficient (Wildman–Crippen LogP) is 3.48. The molecule has 2 heteroatoms. The zero-order chi connectivity index (χ0) is 16.5. The number of benzene rings is 3. The van der Waals surface area contributed by atoms with Gasteiger partial charge < -0.3 is 9.64 Å². The Morgan fingerprint density at radius 1 is 0.792 bits per heavy atom. The van der Waals surface area contributed by atoms with E-state index in [2.05, 4.69) is 67.7 Å². The second-order valence-electron chi connectivity index (χ2n) is 6.48. The molecule has 0 aliphatic heterocycles. The average molecular weight is 316 g/mol. The van der Waals surface area contributed by atoms with Gasteiger partial charge in [0.05, 0.1) is 14.2 Å². The van der Waals surface area contributed by atoms with Gasteiger partial charge in [-0.3, -0.25) is 0 Å². The molecule has 0 spiro atoms. The minimum atomic E-state index is 0.388. The van der Waals surface area contributed by atoms with Gasteiger partial charge in [0.1, 0.15) is 18.3 Å². The molecule has 0 fully saturated rings. The van der Waals surface area contributed by atoms with Gasteiger partial charge in [0.25, 0.3) is 0 Å². The lowest BCUT2D eigenvalue weighted by atomic mass is 10.0. The molecule has 0 saturated carbocycles. The van der Waals surface area contributed by atoms with Crippen molar-refractivity contribution in [3.63, 3.8) is 0 Å². The molecule has 3 aromatic rings. The van der Waals surface area contributed by atoms with Crippen molar-refractivity contribution in [3.8, 4) is 16.9 Å². The quantitative estimate of drug-likeness (QED) is 0.778. The van der Waals surface area contributed by atoms with Crippen molar-refractivity contribution in [2.24, 2.45) is 0 Å². The fourth-order valence-corrected chi connectivity index (χ4v) is 3.85. The molecular formula is C22H22NO+. The Kier molecular flexibility index (Phi) is 3.83. The summed E-state index contributed by atoms with van der Waals surface area (Å²) in [4.78, 5) is 1.48. The molecule has 0 saturated heterocycles. The monoisotopic (exact) mass is 316 g/mol. The van der Waals surface area contributed by atoms with Gasteiger partial charge in [-0.25, -0.2) is 0 Å². The fourth-order valence-electron chi connectivity index (χ4n) is 3.85. The van der Waals surface area contributed by atoms with Crippen LogP contribution in [0.3, 0.4) is 0 Å². The van der Waals surface area contributed by atoms with Crippen molar-refractivity contribution >= 4 is 0 Å². The Bertz CT molecular complexity index is 808. The van der Waals surface area contributed by atoms with Crippen LogP contribution < -0.4 is 9.64 Å². The highest BCUT2D eigenvalue weighted by atomic mass is 16.5. The molecule has 1 atom stereocenters. The summed E-state index contributed by atoms with van der Waals surface area (Å²) in [5.41, 5.74) is 6.96. The highest BCUT2D eigenvalue weighted by Gasteiger charge is 2.33. The SMILES string of the molecule is COc1ccc(C[NH+](C)C2c3ccccc3-c3ccccc32)cc1. The molecule has 4 rings (SSSR count). The summed E-state index contributed by atoms with van der Waals surface area (Å²) in [5.74, 6) is 0.910. The molecule has 0 bridgehead atoms. The van der Waals surface area contributed by atoms with Crippen molar-refractivity contribution in [2.75, 3.05) is 14.2 Å². The standard InChI is InChI=1S/C22H21NO/c1-23(15-16-11-13-17(24-2)14-12-16)22-20-9-5-3-7-18(20)19-8-4-6-10-21(19)22/h3-14,22H,15H2,1-2H3/p+1. The van der Waals surface area contributed by atoms with E-state index in [-0.39, 0.29) is 0 Å². The van der Waals surface area contributed by atoms with Crippen LogP contribution in [-0.2, 0) is 6.54 Å². The summed E-state index contributed by atoms with van der Waals surface area (Å²) in [7, 11) is 3.99. The van der Waals surface area contributed by atoms with Crippen molar-refractivity contribution in [3.05, 3.63) is 89.5 Å². The minimum Gasteiger partial charge on any atom is -0.497 e. The zero-order valence-corrected chi connectivity index (χ0v) is 14.1. The Hall–Kier alpha value is -2.58. The smallest absolute Gasteiger partial charge is 0.140 e. The lowest BCUT2D eigenvalue weighted by Gasteiger charge is -2.23. The molecule has 1 aliphatic carbocycles. The molecule has 0 heterocycles. The van der Waals surface area contributed by atoms with Crippen LogP contribution in [0.1, 0.15) is 22.7 Å². The lowest BCUT2D eigenvalue weighted by molar-refractivity contribution is -0.919. The van der Waals surface area contributed by atoms with Crippen LogP contribution in [0, 0.1) is 0 Å². The molecule has 2 nitrogen and oxygen atoms in total.